The quantitative estimate of drug-likeness (QED) is 0.440. The summed E-state index contributed by atoms with van der Waals surface area (Å²) in [6, 6.07) is 0. The van der Waals surface area contributed by atoms with E-state index < -0.39 is 24.7 Å². The number of likely N-dealkylation sites (N-methyl/N-ethyl adjacent to an activating group) is 1. The lowest BCUT2D eigenvalue weighted by atomic mass is 10.1. The summed E-state index contributed by atoms with van der Waals surface area (Å²) in [5.41, 5.74) is -2.04. The molecule has 0 saturated heterocycles. The van der Waals surface area contributed by atoms with E-state index >= 15 is 0 Å². The Labute approximate surface area is 64.9 Å². The van der Waals surface area contributed by atoms with E-state index in [1.54, 1.807) is 0 Å². The summed E-state index contributed by atoms with van der Waals surface area (Å²) < 4.78 is 0. The van der Waals surface area contributed by atoms with Crippen LogP contribution in [0.2, 0.25) is 0 Å². The lowest BCUT2D eigenvalue weighted by molar-refractivity contribution is -0.157. The second kappa shape index (κ2) is 3.66. The van der Waals surface area contributed by atoms with Gasteiger partial charge in [0.1, 0.15) is 0 Å². The van der Waals surface area contributed by atoms with Crippen molar-refractivity contribution in [3.05, 3.63) is 0 Å². The van der Waals surface area contributed by atoms with Gasteiger partial charge in [0, 0.05) is 14.1 Å². The molecule has 0 aromatic carbocycles. The van der Waals surface area contributed by atoms with Crippen LogP contribution in [0.4, 0.5) is 0 Å². The van der Waals surface area contributed by atoms with Crippen LogP contribution in [0.3, 0.4) is 0 Å². The van der Waals surface area contributed by atoms with Gasteiger partial charge in [-0.1, -0.05) is 0 Å². The fourth-order valence-corrected chi connectivity index (χ4v) is 0.601. The first-order valence-electron chi connectivity index (χ1n) is 3.14. The second-order valence-electron chi connectivity index (χ2n) is 2.55. The van der Waals surface area contributed by atoms with Gasteiger partial charge in [-0.25, -0.2) is 0 Å². The summed E-state index contributed by atoms with van der Waals surface area (Å²) in [5, 5.41) is 26.3. The van der Waals surface area contributed by atoms with Crippen LogP contribution in [-0.4, -0.2) is 59.0 Å². The van der Waals surface area contributed by atoms with Crippen LogP contribution in [0.25, 0.3) is 0 Å². The van der Waals surface area contributed by atoms with Crippen LogP contribution < -0.4 is 0 Å². The molecular weight excluding hydrogens is 150 g/mol. The highest BCUT2D eigenvalue weighted by molar-refractivity contribution is 5.84. The van der Waals surface area contributed by atoms with Crippen molar-refractivity contribution in [1.29, 1.82) is 0 Å². The molecule has 1 amide bonds. The zero-order valence-corrected chi connectivity index (χ0v) is 6.61. The second-order valence-corrected chi connectivity index (χ2v) is 2.55. The average molecular weight is 163 g/mol. The highest BCUT2D eigenvalue weighted by Crippen LogP contribution is 2.04. The predicted molar refractivity (Wildman–Crippen MR) is 37.8 cm³/mol. The molecule has 0 rings (SSSR count). The largest absolute Gasteiger partial charge is 0.393 e. The van der Waals surface area contributed by atoms with Crippen LogP contribution >= 0.6 is 0 Å². The minimum Gasteiger partial charge on any atom is -0.393 e. The number of hydrogen-bond acceptors (Lipinski definition) is 4. The number of aliphatic hydroxyl groups is 3. The number of amides is 1. The van der Waals surface area contributed by atoms with Gasteiger partial charge < -0.3 is 20.2 Å². The van der Waals surface area contributed by atoms with Crippen molar-refractivity contribution in [2.75, 3.05) is 27.3 Å². The number of carbonyl (C=O) groups excluding carboxylic acids is 1. The molecule has 0 fully saturated rings. The van der Waals surface area contributed by atoms with Gasteiger partial charge in [0.15, 0.2) is 5.60 Å². The van der Waals surface area contributed by atoms with Gasteiger partial charge in [-0.2, -0.15) is 0 Å². The van der Waals surface area contributed by atoms with Gasteiger partial charge in [0.25, 0.3) is 5.91 Å². The van der Waals surface area contributed by atoms with Gasteiger partial charge in [0.2, 0.25) is 0 Å². The molecule has 0 aliphatic heterocycles. The summed E-state index contributed by atoms with van der Waals surface area (Å²) in [6.45, 7) is -1.55. The third-order valence-corrected chi connectivity index (χ3v) is 1.33. The monoisotopic (exact) mass is 163 g/mol. The van der Waals surface area contributed by atoms with E-state index in [0.29, 0.717) is 0 Å². The Morgan fingerprint density at radius 2 is 1.73 bits per heavy atom. The smallest absolute Gasteiger partial charge is 0.258 e. The van der Waals surface area contributed by atoms with Crippen LogP contribution in [-0.2, 0) is 4.79 Å². The summed E-state index contributed by atoms with van der Waals surface area (Å²) >= 11 is 0. The standard InChI is InChI=1S/C6H13NO4/c1-7(2)5(10)6(11,3-8)4-9/h8-9,11H,3-4H2,1-2H3. The maximum absolute atomic E-state index is 11.0. The molecule has 0 aliphatic carbocycles. The van der Waals surface area contributed by atoms with Gasteiger partial charge in [-0.3, -0.25) is 4.79 Å². The number of nitrogens with zero attached hydrogens (tertiary/aromatic N) is 1. The highest BCUT2D eigenvalue weighted by Gasteiger charge is 2.35. The fraction of sp³-hybridized carbons (Fsp3) is 0.833. The van der Waals surface area contributed by atoms with E-state index in [2.05, 4.69) is 0 Å². The molecule has 0 saturated carbocycles. The van der Waals surface area contributed by atoms with E-state index in [9.17, 15) is 9.90 Å². The molecule has 0 aliphatic rings. The molecule has 5 heteroatoms. The zero-order chi connectivity index (χ0) is 9.07. The lowest BCUT2D eigenvalue weighted by Crippen LogP contribution is -2.51. The van der Waals surface area contributed by atoms with Crippen molar-refractivity contribution in [3.63, 3.8) is 0 Å². The van der Waals surface area contributed by atoms with E-state index in [4.69, 9.17) is 10.2 Å². The third kappa shape index (κ3) is 2.14. The molecule has 0 unspecified atom stereocenters. The minimum absolute atomic E-state index is 0.706. The van der Waals surface area contributed by atoms with Crippen molar-refractivity contribution in [1.82, 2.24) is 4.90 Å². The summed E-state index contributed by atoms with van der Waals surface area (Å²) in [5.74, 6) is -0.706. The molecule has 0 heterocycles. The lowest BCUT2D eigenvalue weighted by Gasteiger charge is -2.25. The van der Waals surface area contributed by atoms with Crippen LogP contribution in [0.1, 0.15) is 0 Å². The molecule has 0 aromatic rings. The normalized spacial score (nSPS) is 11.4. The SMILES string of the molecule is CN(C)C(=O)C(O)(CO)CO. The van der Waals surface area contributed by atoms with Gasteiger partial charge in [-0.15, -0.1) is 0 Å². The number of aliphatic hydroxyl groups excluding tert-OH is 2. The first-order chi connectivity index (χ1) is 4.98. The Bertz CT molecular complexity index is 142. The first kappa shape index (κ1) is 10.3. The molecular formula is C6H13NO4. The summed E-state index contributed by atoms with van der Waals surface area (Å²) in [6.07, 6.45) is 0. The maximum Gasteiger partial charge on any atom is 0.258 e. The van der Waals surface area contributed by atoms with Gasteiger partial charge in [0.05, 0.1) is 13.2 Å². The van der Waals surface area contributed by atoms with Crippen molar-refractivity contribution >= 4 is 5.91 Å². The third-order valence-electron chi connectivity index (χ3n) is 1.33. The van der Waals surface area contributed by atoms with Crippen molar-refractivity contribution in [2.45, 2.75) is 5.60 Å². The van der Waals surface area contributed by atoms with Crippen LogP contribution in [0, 0.1) is 0 Å². The zero-order valence-electron chi connectivity index (χ0n) is 6.61. The van der Waals surface area contributed by atoms with Gasteiger partial charge in [-0.05, 0) is 0 Å². The van der Waals surface area contributed by atoms with Crippen molar-refractivity contribution < 1.29 is 20.1 Å². The molecule has 0 radical (unpaired) electrons. The van der Waals surface area contributed by atoms with E-state index in [1.165, 1.54) is 14.1 Å². The molecule has 0 atom stereocenters. The number of hydrogen-bond donors (Lipinski definition) is 3. The Morgan fingerprint density at radius 3 is 1.82 bits per heavy atom. The van der Waals surface area contributed by atoms with Crippen molar-refractivity contribution in [2.24, 2.45) is 0 Å². The molecule has 0 aromatic heterocycles. The first-order valence-corrected chi connectivity index (χ1v) is 3.14. The molecule has 0 bridgehead atoms. The van der Waals surface area contributed by atoms with E-state index in [1.807, 2.05) is 0 Å². The van der Waals surface area contributed by atoms with E-state index in [-0.39, 0.29) is 0 Å². The fourth-order valence-electron chi connectivity index (χ4n) is 0.601. The van der Waals surface area contributed by atoms with Gasteiger partial charge >= 0.3 is 0 Å². The molecule has 3 N–H and O–H groups in total. The molecule has 11 heavy (non-hydrogen) atoms. The van der Waals surface area contributed by atoms with Crippen molar-refractivity contribution in [3.8, 4) is 0 Å². The Hall–Kier alpha value is -0.650. The minimum atomic E-state index is -2.04. The number of carbonyl (C=O) groups is 1. The topological polar surface area (TPSA) is 81.0 Å². The summed E-state index contributed by atoms with van der Waals surface area (Å²) in [4.78, 5) is 12.1. The molecule has 0 spiro atoms. The number of rotatable bonds is 3. The highest BCUT2D eigenvalue weighted by atomic mass is 16.4. The van der Waals surface area contributed by atoms with Crippen LogP contribution in [0.5, 0.6) is 0 Å². The van der Waals surface area contributed by atoms with E-state index in [0.717, 1.165) is 4.90 Å². The summed E-state index contributed by atoms with van der Waals surface area (Å²) in [7, 11) is 2.86. The predicted octanol–water partition coefficient (Wildman–Crippen LogP) is -2.21. The molecule has 66 valence electrons. The maximum atomic E-state index is 11.0. The van der Waals surface area contributed by atoms with Crippen LogP contribution in [0.15, 0.2) is 0 Å². The Morgan fingerprint density at radius 1 is 1.36 bits per heavy atom. The Balaban J connectivity index is 4.37. The molecule has 5 nitrogen and oxygen atoms in total. The average Bonchev–Trinajstić information content (AvgIpc) is 2.01. The Kier molecular flexibility index (Phi) is 3.44.